The third-order valence-electron chi connectivity index (χ3n) is 3.04. The maximum Gasteiger partial charge on any atom is 0.155 e. The number of hydrogen-bond donors (Lipinski definition) is 0. The molecule has 19 heavy (non-hydrogen) atoms. The third kappa shape index (κ3) is 4.53. The minimum atomic E-state index is -3.04. The Morgan fingerprint density at radius 3 is 2.26 bits per heavy atom. The van der Waals surface area contributed by atoms with Gasteiger partial charge in [-0.05, 0) is 30.9 Å². The van der Waals surface area contributed by atoms with Crippen LogP contribution in [0.3, 0.4) is 0 Å². The van der Waals surface area contributed by atoms with Gasteiger partial charge in [0.15, 0.2) is 9.84 Å². The lowest BCUT2D eigenvalue weighted by Gasteiger charge is -2.22. The molecular formula is C15H24O3S. The van der Waals surface area contributed by atoms with Crippen LogP contribution < -0.4 is 4.74 Å². The lowest BCUT2D eigenvalue weighted by molar-refractivity contribution is 0.330. The van der Waals surface area contributed by atoms with Crippen LogP contribution in [0, 0.1) is 0 Å². The molecule has 1 rings (SSSR count). The van der Waals surface area contributed by atoms with Gasteiger partial charge in [-0.15, -0.1) is 0 Å². The second-order valence-electron chi connectivity index (χ2n) is 6.01. The first-order chi connectivity index (χ1) is 8.64. The van der Waals surface area contributed by atoms with Crippen LogP contribution in [0.2, 0.25) is 0 Å². The zero-order valence-corrected chi connectivity index (χ0v) is 13.3. The fourth-order valence-electron chi connectivity index (χ4n) is 1.72. The number of sulfone groups is 1. The van der Waals surface area contributed by atoms with Gasteiger partial charge in [0.05, 0.1) is 11.0 Å². The van der Waals surface area contributed by atoms with E-state index in [1.165, 1.54) is 0 Å². The number of hydrogen-bond acceptors (Lipinski definition) is 3. The fraction of sp³-hybridized carbons (Fsp3) is 0.600. The van der Waals surface area contributed by atoms with Gasteiger partial charge in [-0.1, -0.05) is 39.0 Å². The Morgan fingerprint density at radius 2 is 1.74 bits per heavy atom. The van der Waals surface area contributed by atoms with Crippen molar-refractivity contribution in [2.75, 3.05) is 12.4 Å². The second-order valence-corrected chi connectivity index (χ2v) is 8.69. The molecule has 4 heteroatoms. The Labute approximate surface area is 116 Å². The highest BCUT2D eigenvalue weighted by molar-refractivity contribution is 7.91. The first-order valence-electron chi connectivity index (χ1n) is 6.58. The summed E-state index contributed by atoms with van der Waals surface area (Å²) >= 11 is 0. The number of benzene rings is 1. The van der Waals surface area contributed by atoms with Crippen LogP contribution in [0.5, 0.6) is 5.75 Å². The van der Waals surface area contributed by atoms with Crippen molar-refractivity contribution in [3.05, 3.63) is 29.8 Å². The summed E-state index contributed by atoms with van der Waals surface area (Å²) in [7, 11) is -3.04. The minimum absolute atomic E-state index is 0.0203. The number of ether oxygens (including phenoxy) is 1. The van der Waals surface area contributed by atoms with E-state index < -0.39 is 9.84 Å². The van der Waals surface area contributed by atoms with Gasteiger partial charge < -0.3 is 4.74 Å². The van der Waals surface area contributed by atoms with E-state index in [2.05, 4.69) is 20.8 Å². The van der Waals surface area contributed by atoms with E-state index in [1.54, 1.807) is 13.8 Å². The molecule has 0 fully saturated rings. The smallest absolute Gasteiger partial charge is 0.155 e. The molecule has 0 amide bonds. The average molecular weight is 284 g/mol. The zero-order chi connectivity index (χ0) is 14.7. The molecule has 0 saturated heterocycles. The van der Waals surface area contributed by atoms with Gasteiger partial charge in [-0.3, -0.25) is 0 Å². The number of para-hydroxylation sites is 1. The molecule has 0 N–H and O–H groups in total. The summed E-state index contributed by atoms with van der Waals surface area (Å²) in [6.45, 7) is 9.92. The second kappa shape index (κ2) is 5.95. The maximum absolute atomic E-state index is 11.7. The number of rotatable bonds is 5. The Morgan fingerprint density at radius 1 is 1.16 bits per heavy atom. The summed E-state index contributed by atoms with van der Waals surface area (Å²) in [4.78, 5) is 0. The first-order valence-corrected chi connectivity index (χ1v) is 8.30. The van der Waals surface area contributed by atoms with Gasteiger partial charge in [-0.2, -0.15) is 0 Å². The topological polar surface area (TPSA) is 43.4 Å². The highest BCUT2D eigenvalue weighted by Gasteiger charge is 2.20. The van der Waals surface area contributed by atoms with Crippen LogP contribution in [0.4, 0.5) is 0 Å². The lowest BCUT2D eigenvalue weighted by Crippen LogP contribution is -2.22. The molecule has 0 bridgehead atoms. The van der Waals surface area contributed by atoms with Gasteiger partial charge in [-0.25, -0.2) is 8.42 Å². The quantitative estimate of drug-likeness (QED) is 0.834. The van der Waals surface area contributed by atoms with Crippen LogP contribution in [-0.4, -0.2) is 26.0 Å². The van der Waals surface area contributed by atoms with Crippen molar-refractivity contribution in [1.29, 1.82) is 0 Å². The Hall–Kier alpha value is -1.03. The molecule has 1 aromatic carbocycles. The van der Waals surface area contributed by atoms with Crippen LogP contribution >= 0.6 is 0 Å². The van der Waals surface area contributed by atoms with Crippen molar-refractivity contribution in [2.45, 2.75) is 45.3 Å². The summed E-state index contributed by atoms with van der Waals surface area (Å²) in [5, 5.41) is -0.353. The van der Waals surface area contributed by atoms with E-state index in [4.69, 9.17) is 4.74 Å². The molecule has 0 atom stereocenters. The third-order valence-corrected chi connectivity index (χ3v) is 5.21. The molecule has 0 unspecified atom stereocenters. The van der Waals surface area contributed by atoms with Gasteiger partial charge in [0, 0.05) is 0 Å². The van der Waals surface area contributed by atoms with Gasteiger partial charge >= 0.3 is 0 Å². The standard InChI is InChI=1S/C15H24O3S/c1-12(2)19(16,17)11-10-18-14-9-7-6-8-13(14)15(3,4)5/h6-9,12H,10-11H2,1-5H3. The van der Waals surface area contributed by atoms with Crippen molar-refractivity contribution in [2.24, 2.45) is 0 Å². The van der Waals surface area contributed by atoms with Crippen molar-refractivity contribution in [1.82, 2.24) is 0 Å². The Balaban J connectivity index is 2.75. The molecule has 0 aliphatic heterocycles. The van der Waals surface area contributed by atoms with E-state index in [0.717, 1.165) is 11.3 Å². The van der Waals surface area contributed by atoms with Crippen molar-refractivity contribution >= 4 is 9.84 Å². The summed E-state index contributed by atoms with van der Waals surface area (Å²) in [6, 6.07) is 7.79. The molecule has 0 aliphatic carbocycles. The zero-order valence-electron chi connectivity index (χ0n) is 12.4. The van der Waals surface area contributed by atoms with E-state index in [1.807, 2.05) is 24.3 Å². The average Bonchev–Trinajstić information content (AvgIpc) is 2.27. The minimum Gasteiger partial charge on any atom is -0.492 e. The van der Waals surface area contributed by atoms with Crippen LogP contribution in [0.1, 0.15) is 40.2 Å². The molecule has 1 aromatic rings. The van der Waals surface area contributed by atoms with Gasteiger partial charge in [0.2, 0.25) is 0 Å². The van der Waals surface area contributed by atoms with Crippen LogP contribution in [0.15, 0.2) is 24.3 Å². The summed E-state index contributed by atoms with van der Waals surface area (Å²) in [5.74, 6) is 0.831. The van der Waals surface area contributed by atoms with E-state index >= 15 is 0 Å². The normalized spacial score (nSPS) is 12.7. The molecule has 0 aliphatic rings. The van der Waals surface area contributed by atoms with E-state index in [0.29, 0.717) is 0 Å². The largest absolute Gasteiger partial charge is 0.492 e. The SMILES string of the molecule is CC(C)S(=O)(=O)CCOc1ccccc1C(C)(C)C. The monoisotopic (exact) mass is 284 g/mol. The molecule has 0 aromatic heterocycles. The predicted octanol–water partition coefficient (Wildman–Crippen LogP) is 3.19. The molecule has 108 valence electrons. The lowest BCUT2D eigenvalue weighted by atomic mass is 9.86. The van der Waals surface area contributed by atoms with Gasteiger partial charge in [0.1, 0.15) is 12.4 Å². The fourth-order valence-corrected chi connectivity index (χ4v) is 2.50. The Bertz CT molecular complexity index is 510. The molecule has 0 radical (unpaired) electrons. The molecular weight excluding hydrogens is 260 g/mol. The maximum atomic E-state index is 11.7. The molecule has 0 heterocycles. The first kappa shape index (κ1) is 16.0. The van der Waals surface area contributed by atoms with Crippen LogP contribution in [0.25, 0.3) is 0 Å². The van der Waals surface area contributed by atoms with E-state index in [-0.39, 0.29) is 23.0 Å². The van der Waals surface area contributed by atoms with Crippen molar-refractivity contribution in [3.8, 4) is 5.75 Å². The van der Waals surface area contributed by atoms with Crippen LogP contribution in [-0.2, 0) is 15.3 Å². The highest BCUT2D eigenvalue weighted by Crippen LogP contribution is 2.30. The predicted molar refractivity (Wildman–Crippen MR) is 79.6 cm³/mol. The van der Waals surface area contributed by atoms with Crippen molar-refractivity contribution in [3.63, 3.8) is 0 Å². The van der Waals surface area contributed by atoms with Gasteiger partial charge in [0.25, 0.3) is 0 Å². The van der Waals surface area contributed by atoms with Crippen molar-refractivity contribution < 1.29 is 13.2 Å². The Kier molecular flexibility index (Phi) is 5.02. The summed E-state index contributed by atoms with van der Waals surface area (Å²) < 4.78 is 29.1. The molecule has 3 nitrogen and oxygen atoms in total. The molecule has 0 spiro atoms. The summed E-state index contributed by atoms with van der Waals surface area (Å²) in [6.07, 6.45) is 0. The highest BCUT2D eigenvalue weighted by atomic mass is 32.2. The molecule has 0 saturated carbocycles. The summed E-state index contributed by atoms with van der Waals surface area (Å²) in [5.41, 5.74) is 1.07. The van der Waals surface area contributed by atoms with E-state index in [9.17, 15) is 8.42 Å².